The summed E-state index contributed by atoms with van der Waals surface area (Å²) in [4.78, 5) is 25.8. The molecule has 2 rings (SSSR count). The number of furan rings is 1. The molecule has 6 nitrogen and oxygen atoms in total. The number of nitrogens with zero attached hydrogens (tertiary/aromatic N) is 1. The minimum atomic E-state index is -0.870. The summed E-state index contributed by atoms with van der Waals surface area (Å²) >= 11 is 0. The zero-order valence-corrected chi connectivity index (χ0v) is 12.2. The highest BCUT2D eigenvalue weighted by Gasteiger charge is 2.33. The lowest BCUT2D eigenvalue weighted by molar-refractivity contribution is -0.138. The van der Waals surface area contributed by atoms with Gasteiger partial charge >= 0.3 is 0 Å². The van der Waals surface area contributed by atoms with Gasteiger partial charge in [-0.2, -0.15) is 0 Å². The van der Waals surface area contributed by atoms with Crippen LogP contribution in [0.4, 0.5) is 0 Å². The van der Waals surface area contributed by atoms with E-state index in [0.717, 1.165) is 12.8 Å². The Balaban J connectivity index is 1.86. The van der Waals surface area contributed by atoms with Crippen LogP contribution in [0.2, 0.25) is 0 Å². The van der Waals surface area contributed by atoms with Crippen molar-refractivity contribution < 1.29 is 19.1 Å². The molecule has 0 saturated carbocycles. The number of nitrogens with one attached hydrogen (secondary N) is 1. The van der Waals surface area contributed by atoms with Crippen molar-refractivity contribution in [2.45, 2.75) is 44.8 Å². The first-order valence-corrected chi connectivity index (χ1v) is 7.42. The van der Waals surface area contributed by atoms with Crippen LogP contribution in [-0.2, 0) is 9.59 Å². The number of rotatable bonds is 6. The summed E-state index contributed by atoms with van der Waals surface area (Å²) in [5.41, 5.74) is 0. The molecular formula is C15H22N2O4. The first kappa shape index (κ1) is 15.6. The summed E-state index contributed by atoms with van der Waals surface area (Å²) in [6.07, 6.45) is 3.37. The molecule has 1 aliphatic rings. The third-order valence-electron chi connectivity index (χ3n) is 3.68. The van der Waals surface area contributed by atoms with Gasteiger partial charge in [0.2, 0.25) is 11.8 Å². The Morgan fingerprint density at radius 2 is 2.38 bits per heavy atom. The molecule has 2 N–H and O–H groups in total. The predicted molar refractivity (Wildman–Crippen MR) is 76.3 cm³/mol. The fourth-order valence-electron chi connectivity index (χ4n) is 2.59. The Kier molecular flexibility index (Phi) is 5.38. The van der Waals surface area contributed by atoms with Crippen molar-refractivity contribution in [1.82, 2.24) is 10.2 Å². The van der Waals surface area contributed by atoms with E-state index < -0.39 is 12.1 Å². The van der Waals surface area contributed by atoms with Crippen LogP contribution in [0.15, 0.2) is 22.8 Å². The van der Waals surface area contributed by atoms with Crippen molar-refractivity contribution in [3.8, 4) is 0 Å². The van der Waals surface area contributed by atoms with Crippen LogP contribution in [0.1, 0.15) is 44.5 Å². The molecule has 2 atom stereocenters. The van der Waals surface area contributed by atoms with Crippen LogP contribution >= 0.6 is 0 Å². The zero-order chi connectivity index (χ0) is 15.2. The van der Waals surface area contributed by atoms with Gasteiger partial charge in [0.1, 0.15) is 17.9 Å². The van der Waals surface area contributed by atoms with E-state index in [1.54, 1.807) is 17.0 Å². The van der Waals surface area contributed by atoms with Crippen LogP contribution in [0, 0.1) is 0 Å². The molecule has 1 aromatic rings. The van der Waals surface area contributed by atoms with Gasteiger partial charge in [0.05, 0.1) is 12.8 Å². The summed E-state index contributed by atoms with van der Waals surface area (Å²) < 4.78 is 5.08. The minimum Gasteiger partial charge on any atom is -0.467 e. The van der Waals surface area contributed by atoms with Gasteiger partial charge in [-0.05, 0) is 31.4 Å². The maximum atomic E-state index is 12.2. The number of amides is 2. The van der Waals surface area contributed by atoms with Crippen molar-refractivity contribution in [1.29, 1.82) is 0 Å². The summed E-state index contributed by atoms with van der Waals surface area (Å²) in [5.74, 6) is 0.241. The van der Waals surface area contributed by atoms with E-state index >= 15 is 0 Å². The highest BCUT2D eigenvalue weighted by atomic mass is 16.4. The highest BCUT2D eigenvalue weighted by molar-refractivity contribution is 5.88. The maximum Gasteiger partial charge on any atom is 0.242 e. The SMILES string of the molecule is CCCC(=O)N1CCCC1C(=O)NCC(O)c1ccco1. The zero-order valence-electron chi connectivity index (χ0n) is 12.2. The van der Waals surface area contributed by atoms with Gasteiger partial charge in [0, 0.05) is 13.0 Å². The van der Waals surface area contributed by atoms with Crippen LogP contribution in [0.3, 0.4) is 0 Å². The average Bonchev–Trinajstić information content (AvgIpc) is 3.14. The van der Waals surface area contributed by atoms with Crippen LogP contribution < -0.4 is 5.32 Å². The van der Waals surface area contributed by atoms with Crippen molar-refractivity contribution in [3.05, 3.63) is 24.2 Å². The van der Waals surface area contributed by atoms with E-state index in [1.165, 1.54) is 6.26 Å². The predicted octanol–water partition coefficient (Wildman–Crippen LogP) is 1.22. The molecule has 1 fully saturated rings. The van der Waals surface area contributed by atoms with Crippen LogP contribution in [0.5, 0.6) is 0 Å². The Hall–Kier alpha value is -1.82. The molecule has 0 spiro atoms. The quantitative estimate of drug-likeness (QED) is 0.826. The molecule has 2 unspecified atom stereocenters. The Morgan fingerprint density at radius 1 is 1.57 bits per heavy atom. The van der Waals surface area contributed by atoms with Gasteiger partial charge < -0.3 is 19.7 Å². The number of hydrogen-bond donors (Lipinski definition) is 2. The van der Waals surface area contributed by atoms with Gasteiger partial charge in [-0.15, -0.1) is 0 Å². The van der Waals surface area contributed by atoms with E-state index in [-0.39, 0.29) is 18.4 Å². The topological polar surface area (TPSA) is 82.8 Å². The molecule has 0 aromatic carbocycles. The standard InChI is InChI=1S/C15H22N2O4/c1-2-5-14(19)17-8-3-6-11(17)15(20)16-10-12(18)13-7-4-9-21-13/h4,7,9,11-12,18H,2-3,5-6,8,10H2,1H3,(H,16,20). The third-order valence-corrected chi connectivity index (χ3v) is 3.68. The maximum absolute atomic E-state index is 12.2. The summed E-state index contributed by atoms with van der Waals surface area (Å²) in [7, 11) is 0. The second-order valence-electron chi connectivity index (χ2n) is 5.27. The lowest BCUT2D eigenvalue weighted by Crippen LogP contribution is -2.46. The first-order chi connectivity index (χ1) is 10.1. The van der Waals surface area contributed by atoms with Gasteiger partial charge in [-0.3, -0.25) is 9.59 Å². The highest BCUT2D eigenvalue weighted by Crippen LogP contribution is 2.19. The second-order valence-corrected chi connectivity index (χ2v) is 5.27. The molecule has 1 aromatic heterocycles. The summed E-state index contributed by atoms with van der Waals surface area (Å²) in [6.45, 7) is 2.67. The first-order valence-electron chi connectivity index (χ1n) is 7.42. The van der Waals surface area contributed by atoms with Gasteiger partial charge in [0.15, 0.2) is 0 Å². The van der Waals surface area contributed by atoms with E-state index in [0.29, 0.717) is 25.1 Å². The minimum absolute atomic E-state index is 0.0294. The third kappa shape index (κ3) is 3.85. The Morgan fingerprint density at radius 3 is 3.05 bits per heavy atom. The number of hydrogen-bond acceptors (Lipinski definition) is 4. The second kappa shape index (κ2) is 7.26. The molecule has 1 saturated heterocycles. The largest absolute Gasteiger partial charge is 0.467 e. The molecule has 0 bridgehead atoms. The number of aliphatic hydroxyl groups excluding tert-OH is 1. The molecular weight excluding hydrogens is 272 g/mol. The van der Waals surface area contributed by atoms with E-state index in [1.807, 2.05) is 6.92 Å². The molecule has 116 valence electrons. The lowest BCUT2D eigenvalue weighted by atomic mass is 10.2. The van der Waals surface area contributed by atoms with E-state index in [4.69, 9.17) is 4.42 Å². The lowest BCUT2D eigenvalue weighted by Gasteiger charge is -2.24. The molecule has 21 heavy (non-hydrogen) atoms. The molecule has 1 aliphatic heterocycles. The van der Waals surface area contributed by atoms with Gasteiger partial charge in [-0.25, -0.2) is 0 Å². The molecule has 0 radical (unpaired) electrons. The number of aliphatic hydroxyl groups is 1. The Labute approximate surface area is 124 Å². The molecule has 6 heteroatoms. The average molecular weight is 294 g/mol. The van der Waals surface area contributed by atoms with Crippen LogP contribution in [0.25, 0.3) is 0 Å². The fraction of sp³-hybridized carbons (Fsp3) is 0.600. The Bertz CT molecular complexity index is 472. The number of likely N-dealkylation sites (tertiary alicyclic amines) is 1. The van der Waals surface area contributed by atoms with Crippen molar-refractivity contribution in [2.24, 2.45) is 0 Å². The number of carbonyl (C=O) groups is 2. The van der Waals surface area contributed by atoms with Crippen molar-refractivity contribution >= 4 is 11.8 Å². The summed E-state index contributed by atoms with van der Waals surface area (Å²) in [6, 6.07) is 2.93. The summed E-state index contributed by atoms with van der Waals surface area (Å²) in [5, 5.41) is 12.6. The van der Waals surface area contributed by atoms with Crippen molar-refractivity contribution in [3.63, 3.8) is 0 Å². The molecule has 2 amide bonds. The monoisotopic (exact) mass is 294 g/mol. The van der Waals surface area contributed by atoms with Crippen LogP contribution in [-0.4, -0.2) is 41.0 Å². The molecule has 0 aliphatic carbocycles. The number of carbonyl (C=O) groups excluding carboxylic acids is 2. The van der Waals surface area contributed by atoms with Gasteiger partial charge in [-0.1, -0.05) is 6.92 Å². The van der Waals surface area contributed by atoms with E-state index in [9.17, 15) is 14.7 Å². The fourth-order valence-corrected chi connectivity index (χ4v) is 2.59. The van der Waals surface area contributed by atoms with Gasteiger partial charge in [0.25, 0.3) is 0 Å². The van der Waals surface area contributed by atoms with E-state index in [2.05, 4.69) is 5.32 Å². The normalized spacial score (nSPS) is 19.5. The van der Waals surface area contributed by atoms with Crippen molar-refractivity contribution in [2.75, 3.05) is 13.1 Å². The molecule has 2 heterocycles. The smallest absolute Gasteiger partial charge is 0.242 e.